The minimum absolute atomic E-state index is 0.200. The van der Waals surface area contributed by atoms with E-state index in [0.717, 1.165) is 0 Å². The number of carbonyl (C=O) groups is 1. The van der Waals surface area contributed by atoms with E-state index in [1.807, 2.05) is 0 Å². The molecule has 1 aromatic carbocycles. The van der Waals surface area contributed by atoms with E-state index in [1.165, 1.54) is 0 Å². The molecule has 0 radical (unpaired) electrons. The van der Waals surface area contributed by atoms with Crippen molar-refractivity contribution in [3.63, 3.8) is 0 Å². The number of benzene rings is 1. The molecule has 1 aromatic rings. The Balaban J connectivity index is 2.60. The van der Waals surface area contributed by atoms with E-state index < -0.39 is 6.10 Å². The van der Waals surface area contributed by atoms with Gasteiger partial charge in [0.25, 0.3) is 5.91 Å². The van der Waals surface area contributed by atoms with Crippen molar-refractivity contribution >= 4 is 17.5 Å². The highest BCUT2D eigenvalue weighted by molar-refractivity contribution is 6.30. The molecule has 6 heteroatoms. The molecule has 0 heterocycles. The molecule has 0 saturated carbocycles. The molecule has 1 amide bonds. The Kier molecular flexibility index (Phi) is 6.62. The first-order valence-corrected chi connectivity index (χ1v) is 6.29. The molecule has 106 valence electrons. The highest BCUT2D eigenvalue weighted by atomic mass is 35.5. The van der Waals surface area contributed by atoms with E-state index in [4.69, 9.17) is 21.1 Å². The van der Waals surface area contributed by atoms with Crippen molar-refractivity contribution in [2.24, 2.45) is 0 Å². The number of rotatable bonds is 7. The summed E-state index contributed by atoms with van der Waals surface area (Å²) < 4.78 is 10.3. The van der Waals surface area contributed by atoms with Crippen LogP contribution in [0, 0.1) is 0 Å². The topological polar surface area (TPSA) is 67.8 Å². The van der Waals surface area contributed by atoms with Gasteiger partial charge in [0.15, 0.2) is 6.10 Å². The fraction of sp³-hybridized carbons (Fsp3) is 0.462. The molecule has 0 spiro atoms. The third-order valence-electron chi connectivity index (χ3n) is 2.47. The van der Waals surface area contributed by atoms with E-state index in [-0.39, 0.29) is 12.5 Å². The zero-order valence-corrected chi connectivity index (χ0v) is 11.7. The number of ether oxygens (including phenoxy) is 2. The second kappa shape index (κ2) is 7.99. The molecule has 0 aliphatic rings. The average molecular weight is 288 g/mol. The Morgan fingerprint density at radius 1 is 1.53 bits per heavy atom. The van der Waals surface area contributed by atoms with Gasteiger partial charge in [0.2, 0.25) is 0 Å². The van der Waals surface area contributed by atoms with Crippen LogP contribution in [0.1, 0.15) is 12.5 Å². The van der Waals surface area contributed by atoms with Crippen molar-refractivity contribution in [3.05, 3.63) is 28.8 Å². The predicted molar refractivity (Wildman–Crippen MR) is 72.4 cm³/mol. The third-order valence-corrected chi connectivity index (χ3v) is 2.71. The highest BCUT2D eigenvalue weighted by Gasteiger charge is 2.15. The molecule has 1 unspecified atom stereocenters. The smallest absolute Gasteiger partial charge is 0.260 e. The maximum absolute atomic E-state index is 11.7. The van der Waals surface area contributed by atoms with E-state index in [1.54, 1.807) is 32.2 Å². The van der Waals surface area contributed by atoms with Gasteiger partial charge < -0.3 is 19.9 Å². The van der Waals surface area contributed by atoms with Crippen molar-refractivity contribution in [3.8, 4) is 5.75 Å². The normalized spacial score (nSPS) is 12.0. The van der Waals surface area contributed by atoms with Crippen molar-refractivity contribution in [1.29, 1.82) is 0 Å². The first-order valence-electron chi connectivity index (χ1n) is 5.91. The van der Waals surface area contributed by atoms with Crippen LogP contribution in [0.2, 0.25) is 5.02 Å². The number of aliphatic hydroxyl groups is 1. The number of nitrogens with one attached hydrogen (secondary N) is 1. The number of aliphatic hydroxyl groups excluding tert-OH is 1. The van der Waals surface area contributed by atoms with Crippen LogP contribution in [0.5, 0.6) is 5.75 Å². The lowest BCUT2D eigenvalue weighted by molar-refractivity contribution is -0.127. The lowest BCUT2D eigenvalue weighted by atomic mass is 10.2. The van der Waals surface area contributed by atoms with E-state index >= 15 is 0 Å². The zero-order valence-electron chi connectivity index (χ0n) is 11.0. The van der Waals surface area contributed by atoms with Crippen molar-refractivity contribution < 1.29 is 19.4 Å². The van der Waals surface area contributed by atoms with Crippen LogP contribution in [0.25, 0.3) is 0 Å². The van der Waals surface area contributed by atoms with Crippen LogP contribution >= 0.6 is 11.6 Å². The molecule has 5 nitrogen and oxygen atoms in total. The summed E-state index contributed by atoms with van der Waals surface area (Å²) in [6.07, 6.45) is -0.664. The maximum Gasteiger partial charge on any atom is 0.260 e. The van der Waals surface area contributed by atoms with Crippen LogP contribution in [0.4, 0.5) is 0 Å². The van der Waals surface area contributed by atoms with Gasteiger partial charge in [-0.15, -0.1) is 0 Å². The molecule has 1 atom stereocenters. The maximum atomic E-state index is 11.7. The summed E-state index contributed by atoms with van der Waals surface area (Å²) in [6, 6.07) is 4.88. The van der Waals surface area contributed by atoms with Gasteiger partial charge in [-0.05, 0) is 25.1 Å². The monoisotopic (exact) mass is 287 g/mol. The Bertz CT molecular complexity index is 425. The molecule has 19 heavy (non-hydrogen) atoms. The molecular weight excluding hydrogens is 270 g/mol. The Morgan fingerprint density at radius 2 is 2.26 bits per heavy atom. The van der Waals surface area contributed by atoms with Gasteiger partial charge in [0.05, 0.1) is 13.2 Å². The molecule has 0 bridgehead atoms. The lowest BCUT2D eigenvalue weighted by Gasteiger charge is -2.16. The van der Waals surface area contributed by atoms with Crippen LogP contribution in [0.3, 0.4) is 0 Å². The third kappa shape index (κ3) is 5.06. The van der Waals surface area contributed by atoms with Gasteiger partial charge in [0.1, 0.15) is 5.75 Å². The number of halogens is 1. The Morgan fingerprint density at radius 3 is 2.89 bits per heavy atom. The number of carbonyl (C=O) groups excluding carboxylic acids is 1. The largest absolute Gasteiger partial charge is 0.481 e. The quantitative estimate of drug-likeness (QED) is 0.743. The molecule has 0 saturated heterocycles. The minimum Gasteiger partial charge on any atom is -0.481 e. The summed E-state index contributed by atoms with van der Waals surface area (Å²) in [6.45, 7) is 2.31. The Hall–Kier alpha value is -1.30. The number of amides is 1. The first kappa shape index (κ1) is 15.8. The molecule has 2 N–H and O–H groups in total. The first-order chi connectivity index (χ1) is 9.08. The second-order valence-corrected chi connectivity index (χ2v) is 4.39. The van der Waals surface area contributed by atoms with Gasteiger partial charge in [-0.3, -0.25) is 4.79 Å². The van der Waals surface area contributed by atoms with Crippen molar-refractivity contribution in [2.45, 2.75) is 19.6 Å². The van der Waals surface area contributed by atoms with E-state index in [0.29, 0.717) is 29.5 Å². The van der Waals surface area contributed by atoms with Gasteiger partial charge in [0, 0.05) is 24.2 Å². The van der Waals surface area contributed by atoms with E-state index in [9.17, 15) is 9.90 Å². The SMILES string of the molecule is COCCNC(=O)C(C)Oc1ccc(Cl)cc1CO. The molecule has 0 aliphatic heterocycles. The van der Waals surface area contributed by atoms with Crippen molar-refractivity contribution in [2.75, 3.05) is 20.3 Å². The van der Waals surface area contributed by atoms with Gasteiger partial charge >= 0.3 is 0 Å². The number of methoxy groups -OCH3 is 1. The second-order valence-electron chi connectivity index (χ2n) is 3.95. The fourth-order valence-electron chi connectivity index (χ4n) is 1.45. The van der Waals surface area contributed by atoms with Crippen LogP contribution in [-0.4, -0.2) is 37.4 Å². The van der Waals surface area contributed by atoms with Crippen LogP contribution < -0.4 is 10.1 Å². The van der Waals surface area contributed by atoms with Crippen LogP contribution in [0.15, 0.2) is 18.2 Å². The fourth-order valence-corrected chi connectivity index (χ4v) is 1.65. The summed E-state index contributed by atoms with van der Waals surface area (Å²) >= 11 is 5.82. The number of hydrogen-bond donors (Lipinski definition) is 2. The lowest BCUT2D eigenvalue weighted by Crippen LogP contribution is -2.38. The Labute approximate surface area is 117 Å². The molecular formula is C13H18ClNO4. The zero-order chi connectivity index (χ0) is 14.3. The number of hydrogen-bond acceptors (Lipinski definition) is 4. The average Bonchev–Trinajstić information content (AvgIpc) is 2.40. The minimum atomic E-state index is -0.664. The predicted octanol–water partition coefficient (Wildman–Crippen LogP) is 1.36. The summed E-state index contributed by atoms with van der Waals surface area (Å²) in [5.41, 5.74) is 0.545. The molecule has 0 aromatic heterocycles. The van der Waals surface area contributed by atoms with Crippen molar-refractivity contribution in [1.82, 2.24) is 5.32 Å². The standard InChI is InChI=1S/C13H18ClNO4/c1-9(13(17)15-5-6-18-2)19-12-4-3-11(14)7-10(12)8-16/h3-4,7,9,16H,5-6,8H2,1-2H3,(H,15,17). The molecule has 0 fully saturated rings. The van der Waals surface area contributed by atoms with E-state index in [2.05, 4.69) is 5.32 Å². The van der Waals surface area contributed by atoms with Gasteiger partial charge in [-0.25, -0.2) is 0 Å². The summed E-state index contributed by atoms with van der Waals surface area (Å²) in [4.78, 5) is 11.7. The molecule has 1 rings (SSSR count). The highest BCUT2D eigenvalue weighted by Crippen LogP contribution is 2.23. The summed E-state index contributed by atoms with van der Waals surface area (Å²) in [5.74, 6) is 0.206. The van der Waals surface area contributed by atoms with Crippen LogP contribution in [-0.2, 0) is 16.1 Å². The summed E-state index contributed by atoms with van der Waals surface area (Å²) in [7, 11) is 1.56. The molecule has 0 aliphatic carbocycles. The van der Waals surface area contributed by atoms with Gasteiger partial charge in [-0.2, -0.15) is 0 Å². The van der Waals surface area contributed by atoms with Gasteiger partial charge in [-0.1, -0.05) is 11.6 Å². The summed E-state index contributed by atoms with van der Waals surface area (Å²) in [5, 5.41) is 12.4.